The first-order valence-corrected chi connectivity index (χ1v) is 6.19. The number of hydrogen-bond donors (Lipinski definition) is 3. The van der Waals surface area contributed by atoms with Crippen molar-refractivity contribution in [3.8, 4) is 0 Å². The van der Waals surface area contributed by atoms with E-state index in [2.05, 4.69) is 6.92 Å². The van der Waals surface area contributed by atoms with E-state index in [1.54, 1.807) is 6.92 Å². The molecule has 3 N–H and O–H groups in total. The minimum Gasteiger partial charge on any atom is -0.479 e. The van der Waals surface area contributed by atoms with Gasteiger partial charge in [-0.25, -0.2) is 9.59 Å². The molecule has 0 aliphatic heterocycles. The van der Waals surface area contributed by atoms with E-state index in [0.29, 0.717) is 6.42 Å². The lowest BCUT2D eigenvalue weighted by molar-refractivity contribution is -0.173. The van der Waals surface area contributed by atoms with Crippen LogP contribution < -0.4 is 0 Å². The second-order valence-corrected chi connectivity index (χ2v) is 4.32. The van der Waals surface area contributed by atoms with Crippen molar-refractivity contribution in [1.82, 2.24) is 0 Å². The number of carboxylic acids is 1. The summed E-state index contributed by atoms with van der Waals surface area (Å²) in [7, 11) is 0. The fourth-order valence-electron chi connectivity index (χ4n) is 1.45. The summed E-state index contributed by atoms with van der Waals surface area (Å²) < 4.78 is 4.85. The minimum atomic E-state index is -2.15. The maximum atomic E-state index is 11.3. The van der Waals surface area contributed by atoms with Crippen LogP contribution in [0.15, 0.2) is 0 Å². The molecule has 6 heteroatoms. The van der Waals surface area contributed by atoms with Gasteiger partial charge in [0.05, 0.1) is 6.10 Å². The lowest BCUT2D eigenvalue weighted by atomic mass is 10.1. The molecule has 106 valence electrons. The Bertz CT molecular complexity index is 265. The molecule has 3 unspecified atom stereocenters. The van der Waals surface area contributed by atoms with E-state index in [4.69, 9.17) is 14.9 Å². The summed E-state index contributed by atoms with van der Waals surface area (Å²) in [5.41, 5.74) is 0. The van der Waals surface area contributed by atoms with Gasteiger partial charge < -0.3 is 20.1 Å². The molecular formula is C12H22O6. The smallest absolute Gasteiger partial charge is 0.338 e. The molecule has 0 aromatic rings. The van der Waals surface area contributed by atoms with Gasteiger partial charge in [0.2, 0.25) is 0 Å². The molecule has 3 atom stereocenters. The van der Waals surface area contributed by atoms with Crippen LogP contribution >= 0.6 is 0 Å². The summed E-state index contributed by atoms with van der Waals surface area (Å²) in [6.07, 6.45) is 0.231. The number of hydrogen-bond acceptors (Lipinski definition) is 5. The van der Waals surface area contributed by atoms with Gasteiger partial charge in [0.15, 0.2) is 12.2 Å². The SMILES string of the molecule is CCCCCCC(C)OC(=O)C(O)C(O)C(=O)O. The van der Waals surface area contributed by atoms with Crippen LogP contribution in [0.1, 0.15) is 46.0 Å². The molecule has 0 bridgehead atoms. The zero-order valence-electron chi connectivity index (χ0n) is 10.8. The lowest BCUT2D eigenvalue weighted by Crippen LogP contribution is -2.41. The van der Waals surface area contributed by atoms with Crippen LogP contribution in [0.3, 0.4) is 0 Å². The average Bonchev–Trinajstić information content (AvgIpc) is 2.32. The number of aliphatic hydroxyl groups excluding tert-OH is 2. The van der Waals surface area contributed by atoms with E-state index in [1.807, 2.05) is 0 Å². The molecule has 0 aromatic carbocycles. The predicted octanol–water partition coefficient (Wildman–Crippen LogP) is 0.695. The van der Waals surface area contributed by atoms with Gasteiger partial charge in [0.25, 0.3) is 0 Å². The molecule has 0 radical (unpaired) electrons. The molecule has 0 rings (SSSR count). The third-order valence-corrected chi connectivity index (χ3v) is 2.58. The Morgan fingerprint density at radius 3 is 2.22 bits per heavy atom. The fraction of sp³-hybridized carbons (Fsp3) is 0.833. The van der Waals surface area contributed by atoms with Gasteiger partial charge in [0.1, 0.15) is 0 Å². The van der Waals surface area contributed by atoms with E-state index in [1.165, 1.54) is 0 Å². The Hall–Kier alpha value is -1.14. The maximum absolute atomic E-state index is 11.3. The van der Waals surface area contributed by atoms with Crippen molar-refractivity contribution in [3.05, 3.63) is 0 Å². The minimum absolute atomic E-state index is 0.398. The van der Waals surface area contributed by atoms with E-state index >= 15 is 0 Å². The van der Waals surface area contributed by atoms with Crippen LogP contribution in [0, 0.1) is 0 Å². The average molecular weight is 262 g/mol. The highest BCUT2D eigenvalue weighted by atomic mass is 16.6. The second-order valence-electron chi connectivity index (χ2n) is 4.32. The molecule has 6 nitrogen and oxygen atoms in total. The van der Waals surface area contributed by atoms with Crippen LogP contribution in [-0.2, 0) is 14.3 Å². The van der Waals surface area contributed by atoms with E-state index in [9.17, 15) is 14.7 Å². The number of carboxylic acid groups (broad SMARTS) is 1. The Morgan fingerprint density at radius 1 is 1.11 bits per heavy atom. The van der Waals surface area contributed by atoms with Crippen molar-refractivity contribution in [1.29, 1.82) is 0 Å². The van der Waals surface area contributed by atoms with Crippen LogP contribution in [0.25, 0.3) is 0 Å². The monoisotopic (exact) mass is 262 g/mol. The highest BCUT2D eigenvalue weighted by Crippen LogP contribution is 2.09. The van der Waals surface area contributed by atoms with E-state index < -0.39 is 30.3 Å². The molecule has 0 amide bonds. The van der Waals surface area contributed by atoms with Gasteiger partial charge in [-0.15, -0.1) is 0 Å². The lowest BCUT2D eigenvalue weighted by Gasteiger charge is -2.17. The zero-order valence-corrected chi connectivity index (χ0v) is 10.8. The van der Waals surface area contributed by atoms with Crippen molar-refractivity contribution in [2.45, 2.75) is 64.3 Å². The first-order chi connectivity index (χ1) is 8.40. The number of carbonyl (C=O) groups excluding carboxylic acids is 1. The number of aliphatic carboxylic acids is 1. The molecule has 0 heterocycles. The third kappa shape index (κ3) is 6.56. The van der Waals surface area contributed by atoms with E-state index in [0.717, 1.165) is 25.7 Å². The number of ether oxygens (including phenoxy) is 1. The molecule has 0 fully saturated rings. The zero-order chi connectivity index (χ0) is 14.1. The van der Waals surface area contributed by atoms with Crippen LogP contribution in [0.2, 0.25) is 0 Å². The molecule has 0 saturated carbocycles. The summed E-state index contributed by atoms with van der Waals surface area (Å²) >= 11 is 0. The Morgan fingerprint density at radius 2 is 1.72 bits per heavy atom. The number of unbranched alkanes of at least 4 members (excludes halogenated alkanes) is 3. The normalized spacial score (nSPS) is 15.8. The van der Waals surface area contributed by atoms with Crippen LogP contribution in [0.5, 0.6) is 0 Å². The number of aliphatic hydroxyl groups is 2. The molecule has 0 aliphatic rings. The van der Waals surface area contributed by atoms with Crippen molar-refractivity contribution in [3.63, 3.8) is 0 Å². The fourth-order valence-corrected chi connectivity index (χ4v) is 1.45. The predicted molar refractivity (Wildman–Crippen MR) is 64.0 cm³/mol. The van der Waals surface area contributed by atoms with Gasteiger partial charge in [-0.1, -0.05) is 26.2 Å². The topological polar surface area (TPSA) is 104 Å². The molecule has 0 aromatic heterocycles. The van der Waals surface area contributed by atoms with Gasteiger partial charge in [-0.05, 0) is 19.8 Å². The Labute approximate surface area is 107 Å². The van der Waals surface area contributed by atoms with E-state index in [-0.39, 0.29) is 0 Å². The van der Waals surface area contributed by atoms with Crippen molar-refractivity contribution < 1.29 is 29.6 Å². The summed E-state index contributed by atoms with van der Waals surface area (Å²) in [6.45, 7) is 3.76. The summed E-state index contributed by atoms with van der Waals surface area (Å²) in [4.78, 5) is 21.6. The first-order valence-electron chi connectivity index (χ1n) is 6.19. The maximum Gasteiger partial charge on any atom is 0.338 e. The first kappa shape index (κ1) is 16.9. The van der Waals surface area contributed by atoms with Crippen molar-refractivity contribution >= 4 is 11.9 Å². The van der Waals surface area contributed by atoms with Gasteiger partial charge in [0, 0.05) is 0 Å². The quantitative estimate of drug-likeness (QED) is 0.417. The Balaban J connectivity index is 3.95. The summed E-state index contributed by atoms with van der Waals surface area (Å²) in [5, 5.41) is 26.6. The number of carbonyl (C=O) groups is 2. The van der Waals surface area contributed by atoms with Gasteiger partial charge >= 0.3 is 11.9 Å². The Kier molecular flexibility index (Phi) is 8.32. The molecule has 0 spiro atoms. The standard InChI is InChI=1S/C12H22O6/c1-3-4-5-6-7-8(2)18-12(17)10(14)9(13)11(15)16/h8-10,13-14H,3-7H2,1-2H3,(H,15,16). The number of rotatable bonds is 9. The third-order valence-electron chi connectivity index (χ3n) is 2.58. The highest BCUT2D eigenvalue weighted by molar-refractivity contribution is 5.84. The highest BCUT2D eigenvalue weighted by Gasteiger charge is 2.32. The van der Waals surface area contributed by atoms with Crippen molar-refractivity contribution in [2.24, 2.45) is 0 Å². The summed E-state index contributed by atoms with van der Waals surface area (Å²) in [5.74, 6) is -2.76. The second kappa shape index (κ2) is 8.88. The number of esters is 1. The van der Waals surface area contributed by atoms with Gasteiger partial charge in [-0.2, -0.15) is 0 Å². The van der Waals surface area contributed by atoms with Crippen molar-refractivity contribution in [2.75, 3.05) is 0 Å². The largest absolute Gasteiger partial charge is 0.479 e. The van der Waals surface area contributed by atoms with Crippen LogP contribution in [-0.4, -0.2) is 45.6 Å². The molecule has 18 heavy (non-hydrogen) atoms. The van der Waals surface area contributed by atoms with Gasteiger partial charge in [-0.3, -0.25) is 0 Å². The van der Waals surface area contributed by atoms with Crippen LogP contribution in [0.4, 0.5) is 0 Å². The molecule has 0 aliphatic carbocycles. The summed E-state index contributed by atoms with van der Waals surface area (Å²) in [6, 6.07) is 0. The molecular weight excluding hydrogens is 240 g/mol. The molecule has 0 saturated heterocycles.